The second-order valence-corrected chi connectivity index (χ2v) is 5.31. The zero-order chi connectivity index (χ0) is 14.4. The van der Waals surface area contributed by atoms with Crippen molar-refractivity contribution in [2.24, 2.45) is 0 Å². The molecule has 2 aromatic rings. The molecule has 2 rings (SSSR count). The number of aromatic nitrogens is 2. The molecule has 0 aromatic carbocycles. The molecule has 0 spiro atoms. The molecule has 0 saturated carbocycles. The van der Waals surface area contributed by atoms with Crippen molar-refractivity contribution in [1.82, 2.24) is 9.97 Å². The smallest absolute Gasteiger partial charge is 0.158 e. The number of ether oxygens (including phenoxy) is 1. The van der Waals surface area contributed by atoms with Crippen LogP contribution in [0.2, 0.25) is 0 Å². The summed E-state index contributed by atoms with van der Waals surface area (Å²) in [6.45, 7) is 5.87. The number of nitrogens with two attached hydrogens (primary N) is 1. The Hall–Kier alpha value is -1.66. The first-order valence-corrected chi connectivity index (χ1v) is 7.61. The van der Waals surface area contributed by atoms with Crippen molar-refractivity contribution in [1.29, 1.82) is 0 Å². The lowest BCUT2D eigenvalue weighted by Gasteiger charge is -2.08. The summed E-state index contributed by atoms with van der Waals surface area (Å²) in [5.41, 5.74) is 7.17. The Morgan fingerprint density at radius 3 is 2.95 bits per heavy atom. The van der Waals surface area contributed by atoms with Gasteiger partial charge in [-0.2, -0.15) is 0 Å². The van der Waals surface area contributed by atoms with Crippen LogP contribution >= 0.6 is 11.3 Å². The van der Waals surface area contributed by atoms with E-state index in [1.54, 1.807) is 17.4 Å². The van der Waals surface area contributed by atoms with Crippen molar-refractivity contribution in [2.45, 2.75) is 33.4 Å². The van der Waals surface area contributed by atoms with Gasteiger partial charge in [0.1, 0.15) is 18.2 Å². The summed E-state index contributed by atoms with van der Waals surface area (Å²) >= 11 is 1.75. The third kappa shape index (κ3) is 3.91. The van der Waals surface area contributed by atoms with Crippen molar-refractivity contribution in [3.05, 3.63) is 33.8 Å². The standard InChI is InChI=1S/C14H20N4OS/c1-3-10-5-6-20-11(10)8-16-13-7-12(15)17-14(18-13)9-19-4-2/h5-7H,3-4,8-9H2,1-2H3,(H3,15,16,17,18). The zero-order valence-corrected chi connectivity index (χ0v) is 12.7. The van der Waals surface area contributed by atoms with Gasteiger partial charge in [0.05, 0.1) is 6.54 Å². The van der Waals surface area contributed by atoms with Gasteiger partial charge in [-0.3, -0.25) is 0 Å². The van der Waals surface area contributed by atoms with E-state index in [-0.39, 0.29) is 0 Å². The van der Waals surface area contributed by atoms with Crippen LogP contribution in [-0.4, -0.2) is 16.6 Å². The number of thiophene rings is 1. The molecule has 0 bridgehead atoms. The van der Waals surface area contributed by atoms with Gasteiger partial charge < -0.3 is 15.8 Å². The Morgan fingerprint density at radius 2 is 2.20 bits per heavy atom. The van der Waals surface area contributed by atoms with Crippen LogP contribution in [0, 0.1) is 0 Å². The zero-order valence-electron chi connectivity index (χ0n) is 11.8. The van der Waals surface area contributed by atoms with E-state index in [2.05, 4.69) is 33.7 Å². The first-order chi connectivity index (χ1) is 9.72. The van der Waals surface area contributed by atoms with E-state index in [0.717, 1.165) is 18.8 Å². The lowest BCUT2D eigenvalue weighted by molar-refractivity contribution is 0.128. The topological polar surface area (TPSA) is 73.1 Å². The quantitative estimate of drug-likeness (QED) is 0.821. The van der Waals surface area contributed by atoms with Crippen molar-refractivity contribution in [2.75, 3.05) is 17.7 Å². The molecule has 0 unspecified atom stereocenters. The number of nitrogen functional groups attached to an aromatic ring is 1. The summed E-state index contributed by atoms with van der Waals surface area (Å²) in [5.74, 6) is 1.80. The van der Waals surface area contributed by atoms with Crippen molar-refractivity contribution in [3.63, 3.8) is 0 Å². The number of hydrogen-bond donors (Lipinski definition) is 2. The van der Waals surface area contributed by atoms with E-state index in [1.165, 1.54) is 10.4 Å². The summed E-state index contributed by atoms with van der Waals surface area (Å²) in [4.78, 5) is 9.89. The van der Waals surface area contributed by atoms with Gasteiger partial charge in [-0.05, 0) is 30.4 Å². The van der Waals surface area contributed by atoms with E-state index in [1.807, 2.05) is 6.92 Å². The van der Waals surface area contributed by atoms with Crippen LogP contribution in [-0.2, 0) is 24.3 Å². The van der Waals surface area contributed by atoms with Crippen molar-refractivity contribution < 1.29 is 4.74 Å². The molecule has 2 heterocycles. The molecule has 0 aliphatic heterocycles. The number of rotatable bonds is 7. The maximum atomic E-state index is 5.79. The molecule has 0 radical (unpaired) electrons. The van der Waals surface area contributed by atoms with E-state index in [0.29, 0.717) is 24.9 Å². The number of nitrogens with zero attached hydrogens (tertiary/aromatic N) is 2. The van der Waals surface area contributed by atoms with Crippen LogP contribution in [0.1, 0.15) is 30.1 Å². The average Bonchev–Trinajstić information content (AvgIpc) is 2.90. The van der Waals surface area contributed by atoms with E-state index in [9.17, 15) is 0 Å². The average molecular weight is 292 g/mol. The van der Waals surface area contributed by atoms with Gasteiger partial charge >= 0.3 is 0 Å². The molecule has 0 fully saturated rings. The molecule has 108 valence electrons. The van der Waals surface area contributed by atoms with E-state index < -0.39 is 0 Å². The number of hydrogen-bond acceptors (Lipinski definition) is 6. The van der Waals surface area contributed by atoms with Crippen LogP contribution in [0.4, 0.5) is 11.6 Å². The van der Waals surface area contributed by atoms with Gasteiger partial charge in [-0.1, -0.05) is 6.92 Å². The molecule has 0 aliphatic rings. The highest BCUT2D eigenvalue weighted by Crippen LogP contribution is 2.19. The fraction of sp³-hybridized carbons (Fsp3) is 0.429. The maximum absolute atomic E-state index is 5.79. The number of anilines is 2. The van der Waals surface area contributed by atoms with Gasteiger partial charge in [0.2, 0.25) is 0 Å². The van der Waals surface area contributed by atoms with Crippen LogP contribution < -0.4 is 11.1 Å². The molecule has 0 saturated heterocycles. The third-order valence-electron chi connectivity index (χ3n) is 2.88. The Morgan fingerprint density at radius 1 is 1.35 bits per heavy atom. The Labute approximate surface area is 123 Å². The Bertz CT molecular complexity index is 556. The monoisotopic (exact) mass is 292 g/mol. The number of nitrogens with one attached hydrogen (secondary N) is 1. The van der Waals surface area contributed by atoms with Crippen LogP contribution in [0.15, 0.2) is 17.5 Å². The predicted molar refractivity (Wildman–Crippen MR) is 82.8 cm³/mol. The lowest BCUT2D eigenvalue weighted by atomic mass is 10.2. The Kier molecular flexibility index (Phi) is 5.31. The van der Waals surface area contributed by atoms with Gasteiger partial charge in [0, 0.05) is 17.6 Å². The lowest BCUT2D eigenvalue weighted by Crippen LogP contribution is -2.07. The molecule has 0 aliphatic carbocycles. The number of aryl methyl sites for hydroxylation is 1. The fourth-order valence-electron chi connectivity index (χ4n) is 1.87. The van der Waals surface area contributed by atoms with E-state index >= 15 is 0 Å². The van der Waals surface area contributed by atoms with Crippen molar-refractivity contribution >= 4 is 23.0 Å². The second-order valence-electron chi connectivity index (χ2n) is 4.31. The molecule has 3 N–H and O–H groups in total. The predicted octanol–water partition coefficient (Wildman–Crippen LogP) is 2.83. The van der Waals surface area contributed by atoms with Gasteiger partial charge in [0.25, 0.3) is 0 Å². The SMILES string of the molecule is CCOCc1nc(N)cc(NCc2sccc2CC)n1. The summed E-state index contributed by atoms with van der Waals surface area (Å²) in [6, 6.07) is 3.91. The maximum Gasteiger partial charge on any atom is 0.158 e. The molecule has 0 amide bonds. The van der Waals surface area contributed by atoms with E-state index in [4.69, 9.17) is 10.5 Å². The molecular weight excluding hydrogens is 272 g/mol. The summed E-state index contributed by atoms with van der Waals surface area (Å²) in [6.07, 6.45) is 1.04. The normalized spacial score (nSPS) is 10.7. The van der Waals surface area contributed by atoms with Crippen LogP contribution in [0.25, 0.3) is 0 Å². The molecular formula is C14H20N4OS. The first-order valence-electron chi connectivity index (χ1n) is 6.73. The summed E-state index contributed by atoms with van der Waals surface area (Å²) < 4.78 is 5.31. The van der Waals surface area contributed by atoms with Crippen LogP contribution in [0.5, 0.6) is 0 Å². The molecule has 2 aromatic heterocycles. The molecule has 20 heavy (non-hydrogen) atoms. The Balaban J connectivity index is 2.03. The molecule has 5 nitrogen and oxygen atoms in total. The summed E-state index contributed by atoms with van der Waals surface area (Å²) in [5, 5.41) is 5.42. The van der Waals surface area contributed by atoms with Gasteiger partial charge in [-0.15, -0.1) is 11.3 Å². The minimum atomic E-state index is 0.384. The van der Waals surface area contributed by atoms with Gasteiger partial charge in [-0.25, -0.2) is 9.97 Å². The molecule has 0 atom stereocenters. The first kappa shape index (κ1) is 14.7. The third-order valence-corrected chi connectivity index (χ3v) is 3.84. The van der Waals surface area contributed by atoms with Crippen molar-refractivity contribution in [3.8, 4) is 0 Å². The fourth-order valence-corrected chi connectivity index (χ4v) is 2.79. The highest BCUT2D eigenvalue weighted by Gasteiger charge is 2.05. The molecule has 6 heteroatoms. The largest absolute Gasteiger partial charge is 0.384 e. The van der Waals surface area contributed by atoms with Gasteiger partial charge in [0.15, 0.2) is 5.82 Å². The highest BCUT2D eigenvalue weighted by atomic mass is 32.1. The van der Waals surface area contributed by atoms with Crippen LogP contribution in [0.3, 0.4) is 0 Å². The minimum absolute atomic E-state index is 0.384. The highest BCUT2D eigenvalue weighted by molar-refractivity contribution is 7.10. The second kappa shape index (κ2) is 7.21. The summed E-state index contributed by atoms with van der Waals surface area (Å²) in [7, 11) is 0. The minimum Gasteiger partial charge on any atom is -0.384 e.